The summed E-state index contributed by atoms with van der Waals surface area (Å²) in [5, 5.41) is 0.701. The van der Waals surface area contributed by atoms with Crippen LogP contribution in [0, 0.1) is 0 Å². The van der Waals surface area contributed by atoms with Gasteiger partial charge in [0.15, 0.2) is 0 Å². The third-order valence-electron chi connectivity index (χ3n) is 3.31. The molecule has 16 heavy (non-hydrogen) atoms. The molecule has 1 aromatic rings. The quantitative estimate of drug-likeness (QED) is 0.854. The van der Waals surface area contributed by atoms with E-state index in [0.29, 0.717) is 17.1 Å². The van der Waals surface area contributed by atoms with Crippen molar-refractivity contribution in [2.75, 3.05) is 18.0 Å². The molecule has 1 aromatic heterocycles. The van der Waals surface area contributed by atoms with Crippen molar-refractivity contribution in [2.24, 2.45) is 0 Å². The second-order valence-electron chi connectivity index (χ2n) is 4.33. The van der Waals surface area contributed by atoms with E-state index in [1.54, 1.807) is 6.20 Å². The van der Waals surface area contributed by atoms with Crippen molar-refractivity contribution in [2.45, 2.75) is 31.7 Å². The largest absolute Gasteiger partial charge is 0.383 e. The van der Waals surface area contributed by atoms with Gasteiger partial charge in [-0.2, -0.15) is 11.8 Å². The number of thioether (sulfide) groups is 1. The number of rotatable bonds is 2. The molecule has 2 N–H and O–H groups in total. The van der Waals surface area contributed by atoms with Crippen LogP contribution in [0.5, 0.6) is 0 Å². The standard InChI is InChI=1S/C12H19N3S/c1-9-10(2)16-7-6-15(9)8-11-4-3-5-14-12(11)13/h3-5,9-10H,6-8H2,1-2H3,(H2,13,14). The smallest absolute Gasteiger partial charge is 0.127 e. The van der Waals surface area contributed by atoms with Gasteiger partial charge in [-0.05, 0) is 13.0 Å². The van der Waals surface area contributed by atoms with Crippen molar-refractivity contribution in [1.82, 2.24) is 9.88 Å². The topological polar surface area (TPSA) is 42.2 Å². The van der Waals surface area contributed by atoms with Gasteiger partial charge in [-0.3, -0.25) is 4.90 Å². The molecule has 0 radical (unpaired) electrons. The molecule has 2 rings (SSSR count). The highest BCUT2D eigenvalue weighted by atomic mass is 32.2. The lowest BCUT2D eigenvalue weighted by Crippen LogP contribution is -2.44. The second kappa shape index (κ2) is 5.06. The SMILES string of the molecule is CC1SCCN(Cc2cccnc2N)C1C. The molecule has 0 spiro atoms. The van der Waals surface area contributed by atoms with E-state index in [4.69, 9.17) is 5.73 Å². The summed E-state index contributed by atoms with van der Waals surface area (Å²) in [7, 11) is 0. The molecule has 0 amide bonds. The first kappa shape index (κ1) is 11.7. The van der Waals surface area contributed by atoms with E-state index < -0.39 is 0 Å². The molecule has 0 aromatic carbocycles. The van der Waals surface area contributed by atoms with Gasteiger partial charge in [0.05, 0.1) is 0 Å². The summed E-state index contributed by atoms with van der Waals surface area (Å²) in [4.78, 5) is 6.63. The Morgan fingerprint density at radius 1 is 1.56 bits per heavy atom. The van der Waals surface area contributed by atoms with Crippen molar-refractivity contribution < 1.29 is 0 Å². The Kier molecular flexibility index (Phi) is 3.71. The highest BCUT2D eigenvalue weighted by Gasteiger charge is 2.25. The molecule has 3 nitrogen and oxygen atoms in total. The Balaban J connectivity index is 2.06. The van der Waals surface area contributed by atoms with Gasteiger partial charge in [-0.15, -0.1) is 0 Å². The molecule has 1 saturated heterocycles. The zero-order valence-corrected chi connectivity index (χ0v) is 10.7. The maximum absolute atomic E-state index is 5.87. The molecule has 1 aliphatic heterocycles. The Hall–Kier alpha value is -0.740. The van der Waals surface area contributed by atoms with Crippen LogP contribution < -0.4 is 5.73 Å². The van der Waals surface area contributed by atoms with Crippen LogP contribution in [0.1, 0.15) is 19.4 Å². The van der Waals surface area contributed by atoms with E-state index in [-0.39, 0.29) is 0 Å². The van der Waals surface area contributed by atoms with E-state index in [1.807, 2.05) is 6.07 Å². The van der Waals surface area contributed by atoms with E-state index in [2.05, 4.69) is 41.6 Å². The van der Waals surface area contributed by atoms with Gasteiger partial charge in [0.2, 0.25) is 0 Å². The molecule has 4 heteroatoms. The van der Waals surface area contributed by atoms with Gasteiger partial charge in [0.1, 0.15) is 5.82 Å². The minimum Gasteiger partial charge on any atom is -0.383 e. The van der Waals surface area contributed by atoms with Gasteiger partial charge in [0.25, 0.3) is 0 Å². The Morgan fingerprint density at radius 3 is 3.12 bits per heavy atom. The normalized spacial score (nSPS) is 26.9. The molecule has 0 bridgehead atoms. The highest BCUT2D eigenvalue weighted by molar-refractivity contribution is 8.00. The molecule has 88 valence electrons. The molecule has 0 saturated carbocycles. The lowest BCUT2D eigenvalue weighted by molar-refractivity contribution is 0.204. The summed E-state index contributed by atoms with van der Waals surface area (Å²) in [6.07, 6.45) is 1.75. The lowest BCUT2D eigenvalue weighted by Gasteiger charge is -2.37. The predicted octanol–water partition coefficient (Wildman–Crippen LogP) is 1.99. The van der Waals surface area contributed by atoms with Gasteiger partial charge in [-0.1, -0.05) is 13.0 Å². The predicted molar refractivity (Wildman–Crippen MR) is 70.4 cm³/mol. The molecular weight excluding hydrogens is 218 g/mol. The minimum absolute atomic E-state index is 0.610. The third-order valence-corrected chi connectivity index (χ3v) is 4.65. The van der Waals surface area contributed by atoms with E-state index >= 15 is 0 Å². The van der Waals surface area contributed by atoms with Crippen LogP contribution in [0.3, 0.4) is 0 Å². The molecule has 2 heterocycles. The summed E-state index contributed by atoms with van der Waals surface area (Å²) in [6.45, 7) is 6.66. The maximum Gasteiger partial charge on any atom is 0.127 e. The molecule has 2 unspecified atom stereocenters. The van der Waals surface area contributed by atoms with Crippen molar-refractivity contribution in [3.05, 3.63) is 23.9 Å². The van der Waals surface area contributed by atoms with Crippen molar-refractivity contribution in [3.63, 3.8) is 0 Å². The Morgan fingerprint density at radius 2 is 2.38 bits per heavy atom. The molecule has 2 atom stereocenters. The molecule has 0 aliphatic carbocycles. The maximum atomic E-state index is 5.87. The van der Waals surface area contributed by atoms with Crippen LogP contribution in [0.15, 0.2) is 18.3 Å². The molecule has 1 fully saturated rings. The second-order valence-corrected chi connectivity index (χ2v) is 5.82. The minimum atomic E-state index is 0.610. The fraction of sp³-hybridized carbons (Fsp3) is 0.583. The van der Waals surface area contributed by atoms with E-state index in [9.17, 15) is 0 Å². The van der Waals surface area contributed by atoms with Crippen LogP contribution in [0.25, 0.3) is 0 Å². The number of nitrogens with zero attached hydrogens (tertiary/aromatic N) is 2. The van der Waals surface area contributed by atoms with Gasteiger partial charge < -0.3 is 5.73 Å². The van der Waals surface area contributed by atoms with Crippen LogP contribution in [-0.4, -0.2) is 33.5 Å². The number of aromatic nitrogens is 1. The van der Waals surface area contributed by atoms with Crippen molar-refractivity contribution in [1.29, 1.82) is 0 Å². The van der Waals surface area contributed by atoms with Crippen molar-refractivity contribution >= 4 is 17.6 Å². The van der Waals surface area contributed by atoms with Crippen LogP contribution in [0.2, 0.25) is 0 Å². The summed E-state index contributed by atoms with van der Waals surface area (Å²) < 4.78 is 0. The van der Waals surface area contributed by atoms with Gasteiger partial charge >= 0.3 is 0 Å². The van der Waals surface area contributed by atoms with E-state index in [1.165, 1.54) is 5.75 Å². The molecular formula is C12H19N3S. The monoisotopic (exact) mass is 237 g/mol. The summed E-state index contributed by atoms with van der Waals surface area (Å²) >= 11 is 2.06. The number of anilines is 1. The third kappa shape index (κ3) is 2.50. The number of hydrogen-bond donors (Lipinski definition) is 1. The lowest BCUT2D eigenvalue weighted by atomic mass is 10.1. The number of nitrogens with two attached hydrogens (primary N) is 1. The zero-order valence-electron chi connectivity index (χ0n) is 9.89. The zero-order chi connectivity index (χ0) is 11.5. The first-order valence-corrected chi connectivity index (χ1v) is 6.78. The summed E-state index contributed by atoms with van der Waals surface area (Å²) in [6, 6.07) is 4.64. The number of pyridine rings is 1. The number of hydrogen-bond acceptors (Lipinski definition) is 4. The summed E-state index contributed by atoms with van der Waals surface area (Å²) in [5.41, 5.74) is 7.02. The van der Waals surface area contributed by atoms with Crippen LogP contribution in [-0.2, 0) is 6.54 Å². The van der Waals surface area contributed by atoms with Crippen molar-refractivity contribution in [3.8, 4) is 0 Å². The van der Waals surface area contributed by atoms with Crippen LogP contribution >= 0.6 is 11.8 Å². The van der Waals surface area contributed by atoms with E-state index in [0.717, 1.165) is 18.7 Å². The highest BCUT2D eigenvalue weighted by Crippen LogP contribution is 2.26. The first-order valence-electron chi connectivity index (χ1n) is 5.73. The molecule has 1 aliphatic rings. The average molecular weight is 237 g/mol. The van der Waals surface area contributed by atoms with Gasteiger partial charge in [-0.25, -0.2) is 4.98 Å². The summed E-state index contributed by atoms with van der Waals surface area (Å²) in [5.74, 6) is 1.88. The van der Waals surface area contributed by atoms with Crippen LogP contribution in [0.4, 0.5) is 5.82 Å². The Bertz CT molecular complexity index is 356. The Labute approximate surface area is 101 Å². The fourth-order valence-electron chi connectivity index (χ4n) is 2.02. The number of nitrogen functional groups attached to an aromatic ring is 1. The first-order chi connectivity index (χ1) is 7.68. The average Bonchev–Trinajstić information content (AvgIpc) is 2.28. The fourth-order valence-corrected chi connectivity index (χ4v) is 3.18. The van der Waals surface area contributed by atoms with Gasteiger partial charge in [0, 0.05) is 41.9 Å².